The molecule has 1 aromatic rings. The number of hydrogen-bond acceptors (Lipinski definition) is 2. The smallest absolute Gasteiger partial charge is 0.279 e. The van der Waals surface area contributed by atoms with Crippen molar-refractivity contribution in [2.75, 3.05) is 44.6 Å². The zero-order valence-corrected chi connectivity index (χ0v) is 18.3. The van der Waals surface area contributed by atoms with Gasteiger partial charge >= 0.3 is 0 Å². The molecule has 0 radical (unpaired) electrons. The van der Waals surface area contributed by atoms with E-state index in [-0.39, 0.29) is 11.8 Å². The molecule has 1 saturated heterocycles. The van der Waals surface area contributed by atoms with Crippen LogP contribution in [0, 0.1) is 26.2 Å². The predicted molar refractivity (Wildman–Crippen MR) is 116 cm³/mol. The van der Waals surface area contributed by atoms with E-state index in [2.05, 4.69) is 16.6 Å². The second-order valence-electron chi connectivity index (χ2n) is 8.15. The zero-order valence-electron chi connectivity index (χ0n) is 18.3. The number of rotatable bonds is 8. The lowest BCUT2D eigenvalue weighted by Gasteiger charge is -2.31. The monoisotopic (exact) mass is 400 g/mol. The van der Waals surface area contributed by atoms with E-state index in [1.165, 1.54) is 9.80 Å². The van der Waals surface area contributed by atoms with Crippen LogP contribution in [0.1, 0.15) is 37.8 Å². The summed E-state index contributed by atoms with van der Waals surface area (Å²) in [5.74, 6) is 2.81. The molecule has 0 aliphatic carbocycles. The molecule has 0 bridgehead atoms. The molecule has 29 heavy (non-hydrogen) atoms. The Labute approximate surface area is 175 Å². The van der Waals surface area contributed by atoms with Gasteiger partial charge in [0.25, 0.3) is 11.8 Å². The number of piperazine rings is 1. The fourth-order valence-electron chi connectivity index (χ4n) is 3.94. The van der Waals surface area contributed by atoms with E-state index in [0.717, 1.165) is 55.8 Å². The fraction of sp³-hybridized carbons (Fsp3) is 0.565. The number of amides is 2. The van der Waals surface area contributed by atoms with Crippen LogP contribution in [0.5, 0.6) is 0 Å². The van der Waals surface area contributed by atoms with Gasteiger partial charge in [0.15, 0.2) is 13.1 Å². The molecule has 1 aliphatic rings. The average Bonchev–Trinajstić information content (AvgIpc) is 2.70. The van der Waals surface area contributed by atoms with Gasteiger partial charge in [-0.2, -0.15) is 0 Å². The van der Waals surface area contributed by atoms with Crippen LogP contribution < -0.4 is 20.4 Å². The summed E-state index contributed by atoms with van der Waals surface area (Å²) in [6, 6.07) is 6.02. The molecule has 4 N–H and O–H groups in total. The minimum absolute atomic E-state index is 0.0119. The van der Waals surface area contributed by atoms with Crippen molar-refractivity contribution in [3.63, 3.8) is 0 Å². The van der Waals surface area contributed by atoms with Crippen molar-refractivity contribution in [3.8, 4) is 12.3 Å². The SMILES string of the molecule is C#CC(CC)(CC)NC(=O)C[NH+]1CC[NH+](CC(=O)Nc2c(C)cccc2C)CC1. The number of carbonyl (C=O) groups excluding carboxylic acids is 2. The molecule has 0 atom stereocenters. The highest BCUT2D eigenvalue weighted by Crippen LogP contribution is 2.18. The van der Waals surface area contributed by atoms with Gasteiger partial charge in [0.1, 0.15) is 31.7 Å². The van der Waals surface area contributed by atoms with Crippen molar-refractivity contribution < 1.29 is 19.4 Å². The predicted octanol–water partition coefficient (Wildman–Crippen LogP) is -0.666. The molecule has 6 nitrogen and oxygen atoms in total. The first-order valence-corrected chi connectivity index (χ1v) is 10.6. The van der Waals surface area contributed by atoms with Gasteiger partial charge in [0.2, 0.25) is 0 Å². The summed E-state index contributed by atoms with van der Waals surface area (Å²) >= 11 is 0. The van der Waals surface area contributed by atoms with E-state index in [4.69, 9.17) is 6.42 Å². The molecule has 1 fully saturated rings. The molecule has 0 aromatic heterocycles. The van der Waals surface area contributed by atoms with Crippen LogP contribution in [0.25, 0.3) is 0 Å². The second kappa shape index (κ2) is 10.4. The molecule has 0 saturated carbocycles. The van der Waals surface area contributed by atoms with E-state index < -0.39 is 5.54 Å². The lowest BCUT2D eigenvalue weighted by Crippen LogP contribution is -3.28. The van der Waals surface area contributed by atoms with Crippen LogP contribution in [-0.4, -0.2) is 56.6 Å². The molecule has 2 rings (SSSR count). The van der Waals surface area contributed by atoms with E-state index in [1.807, 2.05) is 45.9 Å². The van der Waals surface area contributed by atoms with E-state index in [9.17, 15) is 9.59 Å². The number of terminal acetylenes is 1. The van der Waals surface area contributed by atoms with Gasteiger partial charge in [-0.1, -0.05) is 38.0 Å². The summed E-state index contributed by atoms with van der Waals surface area (Å²) < 4.78 is 0. The maximum absolute atomic E-state index is 12.5. The Morgan fingerprint density at radius 1 is 1.00 bits per heavy atom. The molecule has 1 aliphatic heterocycles. The molecule has 1 heterocycles. The maximum atomic E-state index is 12.5. The lowest BCUT2D eigenvalue weighted by molar-refractivity contribution is -1.00. The number of benzene rings is 1. The van der Waals surface area contributed by atoms with Crippen LogP contribution in [0.2, 0.25) is 0 Å². The van der Waals surface area contributed by atoms with Gasteiger partial charge in [-0.3, -0.25) is 9.59 Å². The normalized spacial score (nSPS) is 19.3. The first-order chi connectivity index (χ1) is 13.8. The van der Waals surface area contributed by atoms with Crippen molar-refractivity contribution in [3.05, 3.63) is 29.3 Å². The van der Waals surface area contributed by atoms with Crippen LogP contribution in [0.4, 0.5) is 5.69 Å². The van der Waals surface area contributed by atoms with Crippen LogP contribution >= 0.6 is 0 Å². The Kier molecular flexibility index (Phi) is 8.24. The van der Waals surface area contributed by atoms with Crippen molar-refractivity contribution >= 4 is 17.5 Å². The van der Waals surface area contributed by atoms with Gasteiger partial charge in [0.05, 0.1) is 0 Å². The summed E-state index contributed by atoms with van der Waals surface area (Å²) in [6.45, 7) is 12.4. The highest BCUT2D eigenvalue weighted by molar-refractivity contribution is 5.93. The molecule has 6 heteroatoms. The molecular weight excluding hydrogens is 364 g/mol. The summed E-state index contributed by atoms with van der Waals surface area (Å²) in [7, 11) is 0. The lowest BCUT2D eigenvalue weighted by atomic mass is 9.94. The number of anilines is 1. The molecule has 2 amide bonds. The summed E-state index contributed by atoms with van der Waals surface area (Å²) in [6.07, 6.45) is 7.10. The molecule has 158 valence electrons. The van der Waals surface area contributed by atoms with E-state index in [1.54, 1.807) is 0 Å². The Morgan fingerprint density at radius 3 is 1.93 bits per heavy atom. The van der Waals surface area contributed by atoms with E-state index in [0.29, 0.717) is 13.1 Å². The van der Waals surface area contributed by atoms with Gasteiger partial charge in [-0.05, 0) is 37.8 Å². The quantitative estimate of drug-likeness (QED) is 0.438. The first-order valence-electron chi connectivity index (χ1n) is 10.6. The summed E-state index contributed by atoms with van der Waals surface area (Å²) in [4.78, 5) is 27.4. The largest absolute Gasteiger partial charge is 0.335 e. The van der Waals surface area contributed by atoms with Crippen molar-refractivity contribution in [1.82, 2.24) is 5.32 Å². The number of quaternary nitrogens is 2. The highest BCUT2D eigenvalue weighted by atomic mass is 16.2. The third kappa shape index (κ3) is 6.31. The zero-order chi connectivity index (χ0) is 21.4. The van der Waals surface area contributed by atoms with Crippen LogP contribution in [-0.2, 0) is 9.59 Å². The number of hydrogen-bond donors (Lipinski definition) is 4. The van der Waals surface area contributed by atoms with E-state index >= 15 is 0 Å². The van der Waals surface area contributed by atoms with Gasteiger partial charge in [-0.25, -0.2) is 0 Å². The van der Waals surface area contributed by atoms with Crippen molar-refractivity contribution in [2.24, 2.45) is 0 Å². The number of para-hydroxylation sites is 1. The number of aryl methyl sites for hydroxylation is 2. The summed E-state index contributed by atoms with van der Waals surface area (Å²) in [5, 5.41) is 6.11. The molecular formula is C23H36N4O2+2. The fourth-order valence-corrected chi connectivity index (χ4v) is 3.94. The maximum Gasteiger partial charge on any atom is 0.279 e. The highest BCUT2D eigenvalue weighted by Gasteiger charge is 2.30. The molecule has 0 unspecified atom stereocenters. The van der Waals surface area contributed by atoms with Crippen LogP contribution in [0.3, 0.4) is 0 Å². The van der Waals surface area contributed by atoms with Gasteiger partial charge in [0, 0.05) is 5.69 Å². The van der Waals surface area contributed by atoms with Gasteiger partial charge in [-0.15, -0.1) is 6.42 Å². The minimum atomic E-state index is -0.532. The number of nitrogens with one attached hydrogen (secondary N) is 4. The third-order valence-corrected chi connectivity index (χ3v) is 6.09. The Bertz CT molecular complexity index is 736. The standard InChI is InChI=1S/C23H34N4O2/c1-6-23(7-2,8-3)25-21(29)17-27-14-12-26(13-15-27)16-20(28)24-22-18(4)10-9-11-19(22)5/h1,9-11H,7-8,12-17H2,2-5H3,(H,24,28)(H,25,29)/p+2. The summed E-state index contributed by atoms with van der Waals surface area (Å²) in [5.41, 5.74) is 2.54. The number of carbonyl (C=O) groups is 2. The van der Waals surface area contributed by atoms with Crippen LogP contribution in [0.15, 0.2) is 18.2 Å². The Balaban J connectivity index is 1.78. The Morgan fingerprint density at radius 2 is 1.48 bits per heavy atom. The first kappa shape index (κ1) is 22.9. The van der Waals surface area contributed by atoms with Gasteiger partial charge < -0.3 is 20.4 Å². The second-order valence-corrected chi connectivity index (χ2v) is 8.15. The molecule has 1 aromatic carbocycles. The van der Waals surface area contributed by atoms with Crippen molar-refractivity contribution in [2.45, 2.75) is 46.1 Å². The minimum Gasteiger partial charge on any atom is -0.335 e. The average molecular weight is 401 g/mol. The Hall–Kier alpha value is -2.36. The third-order valence-electron chi connectivity index (χ3n) is 6.09. The topological polar surface area (TPSA) is 67.1 Å². The molecule has 0 spiro atoms. The van der Waals surface area contributed by atoms with Crippen molar-refractivity contribution in [1.29, 1.82) is 0 Å².